The fourth-order valence-electron chi connectivity index (χ4n) is 2.21. The number of nitrogens with zero attached hydrogens (tertiary/aromatic N) is 2. The summed E-state index contributed by atoms with van der Waals surface area (Å²) in [6, 6.07) is -0.620. The van der Waals surface area contributed by atoms with Crippen molar-refractivity contribution in [1.82, 2.24) is 15.1 Å². The lowest BCUT2D eigenvalue weighted by atomic mass is 10.1. The third-order valence-electron chi connectivity index (χ3n) is 3.16. The number of hydrogen-bond acceptors (Lipinski definition) is 4. The Hall–Kier alpha value is -1.89. The standard InChI is InChI=1S/C13H22N4O3/c1-16(6-2-3-8-18)10-12(19)17-7-4-5-11(9-17)15-13(14)20/h2-3,8,11H,4-7,9-10H2,1H3,(H3,14,15,20)/b3-2+. The van der Waals surface area contributed by atoms with E-state index in [1.165, 1.54) is 6.08 Å². The van der Waals surface area contributed by atoms with E-state index < -0.39 is 6.03 Å². The molecular formula is C13H22N4O3. The number of urea groups is 1. The van der Waals surface area contributed by atoms with Crippen LogP contribution in [-0.4, -0.2) is 67.3 Å². The zero-order chi connectivity index (χ0) is 15.0. The lowest BCUT2D eigenvalue weighted by Crippen LogP contribution is -2.52. The van der Waals surface area contributed by atoms with Crippen molar-refractivity contribution < 1.29 is 14.4 Å². The van der Waals surface area contributed by atoms with Gasteiger partial charge in [-0.2, -0.15) is 0 Å². The maximum absolute atomic E-state index is 12.1. The van der Waals surface area contributed by atoms with E-state index in [4.69, 9.17) is 5.73 Å². The van der Waals surface area contributed by atoms with Crippen molar-refractivity contribution in [2.45, 2.75) is 18.9 Å². The summed E-state index contributed by atoms with van der Waals surface area (Å²) < 4.78 is 0. The molecule has 7 nitrogen and oxygen atoms in total. The molecule has 3 N–H and O–H groups in total. The largest absolute Gasteiger partial charge is 0.352 e. The van der Waals surface area contributed by atoms with Crippen LogP contribution in [0.1, 0.15) is 12.8 Å². The minimum absolute atomic E-state index is 0.0166. The van der Waals surface area contributed by atoms with Gasteiger partial charge in [-0.05, 0) is 26.0 Å². The van der Waals surface area contributed by atoms with E-state index in [1.807, 2.05) is 11.9 Å². The number of carbonyl (C=O) groups excluding carboxylic acids is 3. The van der Waals surface area contributed by atoms with Crippen molar-refractivity contribution in [3.8, 4) is 0 Å². The van der Waals surface area contributed by atoms with E-state index >= 15 is 0 Å². The molecule has 1 saturated heterocycles. The van der Waals surface area contributed by atoms with Gasteiger partial charge in [0.15, 0.2) is 0 Å². The van der Waals surface area contributed by atoms with Gasteiger partial charge in [0.1, 0.15) is 6.29 Å². The highest BCUT2D eigenvalue weighted by Gasteiger charge is 2.24. The molecular weight excluding hydrogens is 260 g/mol. The highest BCUT2D eigenvalue weighted by atomic mass is 16.2. The van der Waals surface area contributed by atoms with Crippen LogP contribution in [-0.2, 0) is 9.59 Å². The Balaban J connectivity index is 2.40. The highest BCUT2D eigenvalue weighted by molar-refractivity contribution is 5.78. The van der Waals surface area contributed by atoms with Gasteiger partial charge in [0.05, 0.1) is 6.54 Å². The first-order valence-corrected chi connectivity index (χ1v) is 6.65. The molecule has 0 spiro atoms. The Morgan fingerprint density at radius 3 is 2.90 bits per heavy atom. The van der Waals surface area contributed by atoms with E-state index in [0.717, 1.165) is 12.8 Å². The molecule has 1 rings (SSSR count). The quantitative estimate of drug-likeness (QED) is 0.499. The first kappa shape index (κ1) is 16.2. The molecule has 1 aliphatic heterocycles. The Morgan fingerprint density at radius 2 is 2.25 bits per heavy atom. The van der Waals surface area contributed by atoms with Crippen LogP contribution in [0.3, 0.4) is 0 Å². The van der Waals surface area contributed by atoms with Crippen LogP contribution >= 0.6 is 0 Å². The van der Waals surface area contributed by atoms with E-state index in [-0.39, 0.29) is 18.5 Å². The van der Waals surface area contributed by atoms with E-state index in [2.05, 4.69) is 5.32 Å². The SMILES string of the molecule is CN(C/C=C/C=O)CC(=O)N1CCCC(NC(N)=O)C1. The number of hydrogen-bond donors (Lipinski definition) is 2. The van der Waals surface area contributed by atoms with Crippen LogP contribution in [0.4, 0.5) is 4.79 Å². The van der Waals surface area contributed by atoms with Crippen molar-refractivity contribution in [2.24, 2.45) is 5.73 Å². The van der Waals surface area contributed by atoms with Crippen molar-refractivity contribution >= 4 is 18.2 Å². The summed E-state index contributed by atoms with van der Waals surface area (Å²) in [5, 5.41) is 2.64. The number of allylic oxidation sites excluding steroid dienone is 1. The minimum Gasteiger partial charge on any atom is -0.352 e. The smallest absolute Gasteiger partial charge is 0.312 e. The molecule has 1 heterocycles. The Labute approximate surface area is 118 Å². The van der Waals surface area contributed by atoms with Crippen LogP contribution in [0, 0.1) is 0 Å². The molecule has 0 radical (unpaired) electrons. The summed E-state index contributed by atoms with van der Waals surface area (Å²) in [6.45, 7) is 2.03. The number of piperidine rings is 1. The normalized spacial score (nSPS) is 19.3. The van der Waals surface area contributed by atoms with Gasteiger partial charge in [-0.1, -0.05) is 6.08 Å². The zero-order valence-corrected chi connectivity index (χ0v) is 11.7. The van der Waals surface area contributed by atoms with Gasteiger partial charge < -0.3 is 16.0 Å². The zero-order valence-electron chi connectivity index (χ0n) is 11.7. The number of aldehydes is 1. The number of nitrogens with one attached hydrogen (secondary N) is 1. The molecule has 20 heavy (non-hydrogen) atoms. The second kappa shape index (κ2) is 8.31. The number of rotatable bonds is 6. The van der Waals surface area contributed by atoms with Gasteiger partial charge in [-0.25, -0.2) is 4.79 Å². The first-order valence-electron chi connectivity index (χ1n) is 6.65. The minimum atomic E-state index is -0.555. The monoisotopic (exact) mass is 282 g/mol. The maximum Gasteiger partial charge on any atom is 0.312 e. The second-order valence-electron chi connectivity index (χ2n) is 4.95. The average Bonchev–Trinajstić information content (AvgIpc) is 2.38. The molecule has 1 fully saturated rings. The number of amides is 3. The molecule has 1 atom stereocenters. The molecule has 0 saturated carbocycles. The third kappa shape index (κ3) is 5.83. The number of primary amides is 1. The van der Waals surface area contributed by atoms with Crippen LogP contribution in [0.5, 0.6) is 0 Å². The van der Waals surface area contributed by atoms with Gasteiger partial charge in [0.2, 0.25) is 5.91 Å². The van der Waals surface area contributed by atoms with E-state index in [1.54, 1.807) is 11.0 Å². The molecule has 0 aromatic rings. The predicted octanol–water partition coefficient (Wildman–Crippen LogP) is -0.667. The number of likely N-dealkylation sites (N-methyl/N-ethyl adjacent to an activating group) is 1. The summed E-state index contributed by atoms with van der Waals surface area (Å²) in [5.74, 6) is 0.0166. The van der Waals surface area contributed by atoms with Gasteiger partial charge in [-0.15, -0.1) is 0 Å². The van der Waals surface area contributed by atoms with Gasteiger partial charge in [-0.3, -0.25) is 14.5 Å². The number of nitrogens with two attached hydrogens (primary N) is 1. The van der Waals surface area contributed by atoms with Crippen molar-refractivity contribution in [2.75, 3.05) is 33.2 Å². The maximum atomic E-state index is 12.1. The molecule has 1 aliphatic rings. The summed E-state index contributed by atoms with van der Waals surface area (Å²) in [7, 11) is 1.82. The third-order valence-corrected chi connectivity index (χ3v) is 3.16. The highest BCUT2D eigenvalue weighted by Crippen LogP contribution is 2.10. The number of likely N-dealkylation sites (tertiary alicyclic amines) is 1. The van der Waals surface area contributed by atoms with E-state index in [0.29, 0.717) is 25.9 Å². The molecule has 7 heteroatoms. The van der Waals surface area contributed by atoms with Crippen molar-refractivity contribution in [3.05, 3.63) is 12.2 Å². The molecule has 0 bridgehead atoms. The van der Waals surface area contributed by atoms with Crippen LogP contribution in [0.2, 0.25) is 0 Å². The molecule has 3 amide bonds. The Morgan fingerprint density at radius 1 is 1.50 bits per heavy atom. The Bertz CT molecular complexity index is 384. The molecule has 0 aromatic heterocycles. The predicted molar refractivity (Wildman–Crippen MR) is 75.0 cm³/mol. The lowest BCUT2D eigenvalue weighted by molar-refractivity contribution is -0.133. The van der Waals surface area contributed by atoms with Crippen LogP contribution in [0.25, 0.3) is 0 Å². The second-order valence-corrected chi connectivity index (χ2v) is 4.95. The molecule has 0 aliphatic carbocycles. The van der Waals surface area contributed by atoms with Gasteiger partial charge in [0, 0.05) is 25.7 Å². The first-order chi connectivity index (χ1) is 9.52. The fourth-order valence-corrected chi connectivity index (χ4v) is 2.21. The average molecular weight is 282 g/mol. The topological polar surface area (TPSA) is 95.7 Å². The summed E-state index contributed by atoms with van der Waals surface area (Å²) in [4.78, 5) is 36.7. The van der Waals surface area contributed by atoms with Crippen LogP contribution in [0.15, 0.2) is 12.2 Å². The summed E-state index contributed by atoms with van der Waals surface area (Å²) in [5.41, 5.74) is 5.10. The summed E-state index contributed by atoms with van der Waals surface area (Å²) in [6.07, 6.45) is 5.51. The van der Waals surface area contributed by atoms with Crippen LogP contribution < -0.4 is 11.1 Å². The molecule has 0 aromatic carbocycles. The molecule has 1 unspecified atom stereocenters. The number of carbonyl (C=O) groups is 3. The van der Waals surface area contributed by atoms with Gasteiger partial charge >= 0.3 is 6.03 Å². The van der Waals surface area contributed by atoms with Crippen molar-refractivity contribution in [1.29, 1.82) is 0 Å². The fraction of sp³-hybridized carbons (Fsp3) is 0.615. The van der Waals surface area contributed by atoms with Gasteiger partial charge in [0.25, 0.3) is 0 Å². The van der Waals surface area contributed by atoms with Crippen molar-refractivity contribution in [3.63, 3.8) is 0 Å². The molecule has 112 valence electrons. The van der Waals surface area contributed by atoms with E-state index in [9.17, 15) is 14.4 Å². The lowest BCUT2D eigenvalue weighted by Gasteiger charge is -2.33. The summed E-state index contributed by atoms with van der Waals surface area (Å²) >= 11 is 0. The Kier molecular flexibility index (Phi) is 6.72.